The number of hydrogen-bond acceptors (Lipinski definition) is 7. The van der Waals surface area contributed by atoms with Crippen LogP contribution >= 0.6 is 0 Å². The van der Waals surface area contributed by atoms with Crippen molar-refractivity contribution in [1.82, 2.24) is 0 Å². The quantitative estimate of drug-likeness (QED) is 0.424. The predicted octanol–water partition coefficient (Wildman–Crippen LogP) is 1.52. The van der Waals surface area contributed by atoms with Crippen LogP contribution in [0, 0.1) is 0 Å². The molecule has 0 fully saturated rings. The number of ether oxygens (including phenoxy) is 1. The summed E-state index contributed by atoms with van der Waals surface area (Å²) in [4.78, 5) is 12.4. The Morgan fingerprint density at radius 3 is 2.22 bits per heavy atom. The van der Waals surface area contributed by atoms with Gasteiger partial charge in [0.15, 0.2) is 17.3 Å². The van der Waals surface area contributed by atoms with Gasteiger partial charge in [-0.05, 0) is 0 Å². The number of phenolic OH excluding ortho intramolecular Hbond substituents is 2. The normalized spacial score (nSPS) is 11.0. The van der Waals surface area contributed by atoms with E-state index in [1.54, 1.807) is 18.2 Å². The fourth-order valence-electron chi connectivity index (χ4n) is 1.91. The first-order valence-electron chi connectivity index (χ1n) is 6.14. The molecule has 9 heteroatoms. The summed E-state index contributed by atoms with van der Waals surface area (Å²) in [6.07, 6.45) is 0. The number of methoxy groups -OCH3 is 1. The van der Waals surface area contributed by atoms with Crippen LogP contribution in [0.5, 0.6) is 23.0 Å². The second kappa shape index (κ2) is 6.15. The zero-order valence-electron chi connectivity index (χ0n) is 11.8. The Kier molecular flexibility index (Phi) is 4.43. The van der Waals surface area contributed by atoms with Gasteiger partial charge < -0.3 is 19.1 Å². The summed E-state index contributed by atoms with van der Waals surface area (Å²) in [5, 5.41) is 19.8. The van der Waals surface area contributed by atoms with Crippen LogP contribution in [0.3, 0.4) is 0 Å². The molecule has 0 spiro atoms. The highest BCUT2D eigenvalue weighted by atomic mass is 32.3. The number of benzene rings is 2. The summed E-state index contributed by atoms with van der Waals surface area (Å²) in [7, 11) is -3.86. The molecule has 0 aliphatic rings. The number of rotatable bonds is 5. The predicted molar refractivity (Wildman–Crippen MR) is 78.4 cm³/mol. The van der Waals surface area contributed by atoms with Crippen molar-refractivity contribution in [2.75, 3.05) is 7.11 Å². The monoisotopic (exact) mass is 340 g/mol. The number of aromatic hydroxyl groups is 2. The Morgan fingerprint density at radius 2 is 1.70 bits per heavy atom. The highest BCUT2D eigenvalue weighted by molar-refractivity contribution is 7.81. The molecule has 2 aromatic rings. The number of carbonyl (C=O) groups excluding carboxylic acids is 1. The minimum Gasteiger partial charge on any atom is -0.504 e. The van der Waals surface area contributed by atoms with Crippen molar-refractivity contribution in [3.63, 3.8) is 0 Å². The maximum absolute atomic E-state index is 12.4. The molecule has 0 bridgehead atoms. The van der Waals surface area contributed by atoms with Crippen LogP contribution in [0.4, 0.5) is 0 Å². The van der Waals surface area contributed by atoms with Crippen molar-refractivity contribution in [3.05, 3.63) is 47.5 Å². The van der Waals surface area contributed by atoms with Crippen molar-refractivity contribution in [2.45, 2.75) is 0 Å². The smallest absolute Gasteiger partial charge is 0.446 e. The van der Waals surface area contributed by atoms with E-state index in [9.17, 15) is 23.4 Å². The fourth-order valence-corrected chi connectivity index (χ4v) is 2.26. The van der Waals surface area contributed by atoms with Gasteiger partial charge in [-0.1, -0.05) is 30.3 Å². The van der Waals surface area contributed by atoms with Gasteiger partial charge in [0.05, 0.1) is 12.7 Å². The Bertz CT molecular complexity index is 843. The Hall–Kier alpha value is -2.78. The lowest BCUT2D eigenvalue weighted by Gasteiger charge is -2.13. The molecule has 0 unspecified atom stereocenters. The van der Waals surface area contributed by atoms with E-state index in [1.165, 1.54) is 12.1 Å². The topological polar surface area (TPSA) is 130 Å². The Morgan fingerprint density at radius 1 is 1.09 bits per heavy atom. The average molecular weight is 340 g/mol. The summed E-state index contributed by atoms with van der Waals surface area (Å²) in [6, 6.07) is 8.62. The van der Waals surface area contributed by atoms with Crippen LogP contribution in [0.2, 0.25) is 0 Å². The van der Waals surface area contributed by atoms with E-state index >= 15 is 0 Å². The molecule has 122 valence electrons. The first-order valence-corrected chi connectivity index (χ1v) is 7.50. The molecule has 3 N–H and O–H groups in total. The van der Waals surface area contributed by atoms with Crippen molar-refractivity contribution < 1.29 is 36.9 Å². The molecule has 2 rings (SSSR count). The van der Waals surface area contributed by atoms with Crippen LogP contribution < -0.4 is 8.92 Å². The third kappa shape index (κ3) is 3.52. The lowest BCUT2D eigenvalue weighted by atomic mass is 10.0. The standard InChI is InChI=1S/C14H12O8S/c1-21-14-10(22-23(18,19)20)7-9(12(16)13(14)17)11(15)8-5-3-2-4-6-8/h2-7,16-17H,1H3,(H,18,19,20). The second-order valence-corrected chi connectivity index (χ2v) is 5.38. The van der Waals surface area contributed by atoms with Gasteiger partial charge in [-0.15, -0.1) is 0 Å². The molecule has 0 heterocycles. The summed E-state index contributed by atoms with van der Waals surface area (Å²) in [6.45, 7) is 0. The van der Waals surface area contributed by atoms with Gasteiger partial charge in [-0.25, -0.2) is 0 Å². The van der Waals surface area contributed by atoms with E-state index in [4.69, 9.17) is 9.29 Å². The SMILES string of the molecule is COc1c(OS(=O)(=O)O)cc(C(=O)c2ccccc2)c(O)c1O. The van der Waals surface area contributed by atoms with Gasteiger partial charge in [-0.2, -0.15) is 8.42 Å². The van der Waals surface area contributed by atoms with E-state index in [2.05, 4.69) is 4.18 Å². The van der Waals surface area contributed by atoms with Gasteiger partial charge in [0.1, 0.15) is 0 Å². The number of hydrogen-bond donors (Lipinski definition) is 3. The first-order chi connectivity index (χ1) is 10.7. The van der Waals surface area contributed by atoms with Crippen molar-refractivity contribution >= 4 is 16.2 Å². The molecule has 0 aliphatic carbocycles. The lowest BCUT2D eigenvalue weighted by molar-refractivity contribution is 0.103. The second-order valence-electron chi connectivity index (χ2n) is 4.36. The molecule has 0 atom stereocenters. The molecule has 2 aromatic carbocycles. The van der Waals surface area contributed by atoms with Crippen LogP contribution in [0.15, 0.2) is 36.4 Å². The number of phenols is 2. The van der Waals surface area contributed by atoms with Gasteiger partial charge in [0, 0.05) is 11.6 Å². The van der Waals surface area contributed by atoms with Crippen LogP contribution in [0.1, 0.15) is 15.9 Å². The van der Waals surface area contributed by atoms with Crippen molar-refractivity contribution in [3.8, 4) is 23.0 Å². The van der Waals surface area contributed by atoms with Crippen LogP contribution in [-0.2, 0) is 10.4 Å². The summed E-state index contributed by atoms with van der Waals surface area (Å²) in [5.74, 6) is -3.60. The summed E-state index contributed by atoms with van der Waals surface area (Å²) >= 11 is 0. The number of carbonyl (C=O) groups is 1. The zero-order valence-corrected chi connectivity index (χ0v) is 12.6. The van der Waals surface area contributed by atoms with Gasteiger partial charge in [-0.3, -0.25) is 9.35 Å². The molecule has 0 aliphatic heterocycles. The molecular weight excluding hydrogens is 328 g/mol. The van der Waals surface area contributed by atoms with E-state index < -0.39 is 44.7 Å². The molecule has 8 nitrogen and oxygen atoms in total. The maximum Gasteiger partial charge on any atom is 0.446 e. The molecular formula is C14H12O8S. The summed E-state index contributed by atoms with van der Waals surface area (Å²) in [5.41, 5.74) is -0.238. The van der Waals surface area contributed by atoms with Gasteiger partial charge in [0.2, 0.25) is 11.5 Å². The third-order valence-electron chi connectivity index (χ3n) is 2.87. The lowest BCUT2D eigenvalue weighted by Crippen LogP contribution is -2.09. The Labute approximate surface area is 131 Å². The molecule has 0 radical (unpaired) electrons. The molecule has 0 amide bonds. The molecule has 0 saturated heterocycles. The minimum absolute atomic E-state index is 0.185. The molecule has 23 heavy (non-hydrogen) atoms. The minimum atomic E-state index is -4.93. The van der Waals surface area contributed by atoms with Crippen LogP contribution in [-0.4, -0.2) is 36.1 Å². The first kappa shape index (κ1) is 16.6. The van der Waals surface area contributed by atoms with E-state index in [-0.39, 0.29) is 5.56 Å². The van der Waals surface area contributed by atoms with E-state index in [0.717, 1.165) is 13.2 Å². The van der Waals surface area contributed by atoms with E-state index in [1.807, 2.05) is 0 Å². The molecule has 0 saturated carbocycles. The summed E-state index contributed by atoms with van der Waals surface area (Å²) < 4.78 is 39.5. The van der Waals surface area contributed by atoms with E-state index in [0.29, 0.717) is 0 Å². The van der Waals surface area contributed by atoms with Crippen LogP contribution in [0.25, 0.3) is 0 Å². The maximum atomic E-state index is 12.4. The Balaban J connectivity index is 2.63. The third-order valence-corrected chi connectivity index (χ3v) is 3.26. The fraction of sp³-hybridized carbons (Fsp3) is 0.0714. The van der Waals surface area contributed by atoms with Gasteiger partial charge in [0.25, 0.3) is 0 Å². The van der Waals surface area contributed by atoms with Crippen molar-refractivity contribution in [2.24, 2.45) is 0 Å². The zero-order chi connectivity index (χ0) is 17.2. The highest BCUT2D eigenvalue weighted by Gasteiger charge is 2.26. The largest absolute Gasteiger partial charge is 0.504 e. The number of ketones is 1. The highest BCUT2D eigenvalue weighted by Crippen LogP contribution is 2.46. The van der Waals surface area contributed by atoms with Crippen molar-refractivity contribution in [1.29, 1.82) is 0 Å². The van der Waals surface area contributed by atoms with Gasteiger partial charge >= 0.3 is 10.4 Å². The average Bonchev–Trinajstić information content (AvgIpc) is 2.50. The molecule has 0 aromatic heterocycles.